The van der Waals surface area contributed by atoms with Crippen molar-refractivity contribution in [3.8, 4) is 0 Å². The number of carbonyl (C=O) groups excluding carboxylic acids is 1. The summed E-state index contributed by atoms with van der Waals surface area (Å²) >= 11 is 0. The predicted octanol–water partition coefficient (Wildman–Crippen LogP) is 1.73. The van der Waals surface area contributed by atoms with Gasteiger partial charge in [-0.3, -0.25) is 10.1 Å². The Morgan fingerprint density at radius 3 is 2.73 bits per heavy atom. The van der Waals surface area contributed by atoms with Crippen molar-refractivity contribution >= 4 is 5.91 Å². The molecule has 0 aromatic rings. The van der Waals surface area contributed by atoms with Crippen molar-refractivity contribution in [3.05, 3.63) is 0 Å². The van der Waals surface area contributed by atoms with Crippen molar-refractivity contribution in [1.29, 1.82) is 0 Å². The maximum Gasteiger partial charge on any atom is 0.241 e. The second kappa shape index (κ2) is 4.12. The van der Waals surface area contributed by atoms with E-state index in [1.54, 1.807) is 0 Å². The molecule has 15 heavy (non-hydrogen) atoms. The summed E-state index contributed by atoms with van der Waals surface area (Å²) in [6.07, 6.45) is 4.89. The molecule has 0 bridgehead atoms. The zero-order chi connectivity index (χ0) is 11.0. The maximum atomic E-state index is 12.0. The summed E-state index contributed by atoms with van der Waals surface area (Å²) in [5, 5.41) is 3.36. The molecule has 1 N–H and O–H groups in total. The van der Waals surface area contributed by atoms with Crippen LogP contribution in [0.15, 0.2) is 0 Å². The van der Waals surface area contributed by atoms with Crippen molar-refractivity contribution in [2.75, 3.05) is 0 Å². The van der Waals surface area contributed by atoms with Crippen LogP contribution in [0.25, 0.3) is 0 Å². The fraction of sp³-hybridized carbons (Fsp3) is 0.917. The van der Waals surface area contributed by atoms with Crippen LogP contribution in [0.5, 0.6) is 0 Å². The lowest BCUT2D eigenvalue weighted by molar-refractivity contribution is -0.130. The highest BCUT2D eigenvalue weighted by Crippen LogP contribution is 2.41. The van der Waals surface area contributed by atoms with Gasteiger partial charge in [0.05, 0.1) is 12.2 Å². The molecule has 4 atom stereocenters. The Bertz CT molecular complexity index is 254. The van der Waals surface area contributed by atoms with Crippen LogP contribution in [0, 0.1) is 5.92 Å². The third kappa shape index (κ3) is 1.89. The standard InChI is InChI=1S/C12H22N2O/c1-4-6-9-7-11(9)14-8(3)13-10(5-2)12(14)15/h8-11,13H,4-7H2,1-3H3. The van der Waals surface area contributed by atoms with Crippen LogP contribution >= 0.6 is 0 Å². The normalized spacial score (nSPS) is 39.9. The van der Waals surface area contributed by atoms with Gasteiger partial charge in [-0.2, -0.15) is 0 Å². The van der Waals surface area contributed by atoms with E-state index in [1.165, 1.54) is 19.3 Å². The van der Waals surface area contributed by atoms with Crippen LogP contribution in [0.1, 0.15) is 46.5 Å². The summed E-state index contributed by atoms with van der Waals surface area (Å²) in [6.45, 7) is 6.40. The molecule has 1 aliphatic carbocycles. The Balaban J connectivity index is 1.96. The van der Waals surface area contributed by atoms with Crippen molar-refractivity contribution < 1.29 is 4.79 Å². The van der Waals surface area contributed by atoms with Gasteiger partial charge in [0.2, 0.25) is 5.91 Å². The molecular formula is C12H22N2O. The van der Waals surface area contributed by atoms with Gasteiger partial charge in [-0.15, -0.1) is 0 Å². The molecule has 86 valence electrons. The highest BCUT2D eigenvalue weighted by molar-refractivity contribution is 5.84. The summed E-state index contributed by atoms with van der Waals surface area (Å²) < 4.78 is 0. The van der Waals surface area contributed by atoms with Gasteiger partial charge in [0, 0.05) is 6.04 Å². The van der Waals surface area contributed by atoms with Crippen LogP contribution in [-0.2, 0) is 4.79 Å². The Hall–Kier alpha value is -0.570. The van der Waals surface area contributed by atoms with Crippen molar-refractivity contribution in [3.63, 3.8) is 0 Å². The first-order valence-electron chi connectivity index (χ1n) is 6.27. The molecule has 2 aliphatic rings. The molecular weight excluding hydrogens is 188 g/mol. The molecule has 1 heterocycles. The quantitative estimate of drug-likeness (QED) is 0.766. The van der Waals surface area contributed by atoms with E-state index in [0.717, 1.165) is 12.3 Å². The molecule has 1 amide bonds. The minimum Gasteiger partial charge on any atom is -0.323 e. The number of nitrogens with one attached hydrogen (secondary N) is 1. The van der Waals surface area contributed by atoms with Gasteiger partial charge in [0.1, 0.15) is 0 Å². The molecule has 0 radical (unpaired) electrons. The minimum atomic E-state index is 0.0721. The predicted molar refractivity (Wildman–Crippen MR) is 60.3 cm³/mol. The van der Waals surface area contributed by atoms with E-state index < -0.39 is 0 Å². The SMILES string of the molecule is CCCC1CC1N1C(=O)C(CC)NC1C. The lowest BCUT2D eigenvalue weighted by atomic mass is 10.2. The number of nitrogens with zero attached hydrogens (tertiary/aromatic N) is 1. The summed E-state index contributed by atoms with van der Waals surface area (Å²) in [4.78, 5) is 14.1. The second-order valence-corrected chi connectivity index (χ2v) is 4.90. The maximum absolute atomic E-state index is 12.0. The topological polar surface area (TPSA) is 32.3 Å². The molecule has 4 unspecified atom stereocenters. The Morgan fingerprint density at radius 2 is 2.20 bits per heavy atom. The van der Waals surface area contributed by atoms with E-state index in [4.69, 9.17) is 0 Å². The Morgan fingerprint density at radius 1 is 1.47 bits per heavy atom. The monoisotopic (exact) mass is 210 g/mol. The van der Waals surface area contributed by atoms with Crippen molar-refractivity contribution in [2.45, 2.75) is 64.7 Å². The smallest absolute Gasteiger partial charge is 0.241 e. The molecule has 0 aromatic carbocycles. The van der Waals surface area contributed by atoms with Gasteiger partial charge in [0.25, 0.3) is 0 Å². The van der Waals surface area contributed by atoms with Gasteiger partial charge in [-0.05, 0) is 32.1 Å². The van der Waals surface area contributed by atoms with E-state index >= 15 is 0 Å². The molecule has 1 aliphatic heterocycles. The van der Waals surface area contributed by atoms with Gasteiger partial charge in [-0.25, -0.2) is 0 Å². The van der Waals surface area contributed by atoms with Gasteiger partial charge in [0.15, 0.2) is 0 Å². The van der Waals surface area contributed by atoms with E-state index in [0.29, 0.717) is 11.9 Å². The first kappa shape index (κ1) is 10.9. The summed E-state index contributed by atoms with van der Waals surface area (Å²) in [7, 11) is 0. The zero-order valence-electron chi connectivity index (χ0n) is 9.99. The molecule has 0 aromatic heterocycles. The molecule has 1 saturated heterocycles. The molecule has 3 heteroatoms. The minimum absolute atomic E-state index is 0.0721. The average Bonchev–Trinajstić information content (AvgIpc) is 2.88. The van der Waals surface area contributed by atoms with E-state index in [1.807, 2.05) is 0 Å². The van der Waals surface area contributed by atoms with Crippen LogP contribution < -0.4 is 5.32 Å². The number of hydrogen-bond donors (Lipinski definition) is 1. The second-order valence-electron chi connectivity index (χ2n) is 4.90. The Labute approximate surface area is 92.2 Å². The highest BCUT2D eigenvalue weighted by Gasteiger charge is 2.49. The van der Waals surface area contributed by atoms with Gasteiger partial charge >= 0.3 is 0 Å². The fourth-order valence-corrected chi connectivity index (χ4v) is 2.81. The highest BCUT2D eigenvalue weighted by atomic mass is 16.2. The van der Waals surface area contributed by atoms with Gasteiger partial charge in [-0.1, -0.05) is 20.3 Å². The molecule has 0 spiro atoms. The van der Waals surface area contributed by atoms with Crippen LogP contribution in [-0.4, -0.2) is 29.1 Å². The third-order valence-electron chi connectivity index (χ3n) is 3.72. The molecule has 2 rings (SSSR count). The fourth-order valence-electron chi connectivity index (χ4n) is 2.81. The molecule has 3 nitrogen and oxygen atoms in total. The van der Waals surface area contributed by atoms with Crippen LogP contribution in [0.2, 0.25) is 0 Å². The number of rotatable bonds is 4. The van der Waals surface area contributed by atoms with E-state index in [9.17, 15) is 4.79 Å². The number of carbonyl (C=O) groups is 1. The average molecular weight is 210 g/mol. The first-order valence-corrected chi connectivity index (χ1v) is 6.27. The molecule has 2 fully saturated rings. The number of hydrogen-bond acceptors (Lipinski definition) is 2. The lowest BCUT2D eigenvalue weighted by Gasteiger charge is -2.21. The Kier molecular flexibility index (Phi) is 3.01. The van der Waals surface area contributed by atoms with E-state index in [2.05, 4.69) is 31.0 Å². The van der Waals surface area contributed by atoms with Crippen molar-refractivity contribution in [1.82, 2.24) is 10.2 Å². The zero-order valence-corrected chi connectivity index (χ0v) is 9.99. The third-order valence-corrected chi connectivity index (χ3v) is 3.72. The number of amides is 1. The van der Waals surface area contributed by atoms with E-state index in [-0.39, 0.29) is 12.2 Å². The first-order chi connectivity index (χ1) is 7.19. The molecule has 1 saturated carbocycles. The largest absolute Gasteiger partial charge is 0.323 e. The lowest BCUT2D eigenvalue weighted by Crippen LogP contribution is -2.37. The van der Waals surface area contributed by atoms with Gasteiger partial charge < -0.3 is 4.90 Å². The summed E-state index contributed by atoms with van der Waals surface area (Å²) in [6, 6.07) is 0.611. The summed E-state index contributed by atoms with van der Waals surface area (Å²) in [5.41, 5.74) is 0. The van der Waals surface area contributed by atoms with Crippen LogP contribution in [0.3, 0.4) is 0 Å². The van der Waals surface area contributed by atoms with Crippen molar-refractivity contribution in [2.24, 2.45) is 5.92 Å². The summed E-state index contributed by atoms with van der Waals surface area (Å²) in [5.74, 6) is 1.10. The van der Waals surface area contributed by atoms with Crippen LogP contribution in [0.4, 0.5) is 0 Å².